The van der Waals surface area contributed by atoms with E-state index in [2.05, 4.69) is 37.1 Å². The minimum Gasteiger partial charge on any atom is -0.241 e. The van der Waals surface area contributed by atoms with Crippen molar-refractivity contribution in [2.24, 2.45) is 0 Å². The third-order valence-corrected chi connectivity index (χ3v) is 4.31. The molecule has 0 amide bonds. The second-order valence-corrected chi connectivity index (χ2v) is 6.27. The Labute approximate surface area is 136 Å². The minimum absolute atomic E-state index is 0.532. The lowest BCUT2D eigenvalue weighted by Gasteiger charge is -2.00. The Balaban J connectivity index is 1.79. The molecule has 0 fully saturated rings. The first-order valence-corrected chi connectivity index (χ1v) is 8.33. The number of nitriles is 1. The molecule has 0 atom stereocenters. The average Bonchev–Trinajstić information content (AvgIpc) is 3.01. The molecule has 1 aromatic carbocycles. The van der Waals surface area contributed by atoms with E-state index >= 15 is 0 Å². The number of rotatable bonds is 7. The standard InChI is InChI=1S/C19H20N2S/c1-15(12-16(2)13-20)8-6-7-11-19-21-18(14-22-19)17-9-4-3-5-10-17/h3-5,9-10,12,14H,2,6-8,11H2,1H3/b15-12+. The Morgan fingerprint density at radius 1 is 1.32 bits per heavy atom. The molecule has 0 aliphatic heterocycles. The lowest BCUT2D eigenvalue weighted by molar-refractivity contribution is 0.727. The van der Waals surface area contributed by atoms with E-state index in [9.17, 15) is 0 Å². The topological polar surface area (TPSA) is 36.7 Å². The van der Waals surface area contributed by atoms with E-state index in [4.69, 9.17) is 10.2 Å². The molecule has 112 valence electrons. The fraction of sp³-hybridized carbons (Fsp3) is 0.263. The van der Waals surface area contributed by atoms with Crippen LogP contribution in [-0.2, 0) is 6.42 Å². The first-order valence-electron chi connectivity index (χ1n) is 7.45. The van der Waals surface area contributed by atoms with Crippen LogP contribution in [0.5, 0.6) is 0 Å². The van der Waals surface area contributed by atoms with Gasteiger partial charge in [-0.15, -0.1) is 11.3 Å². The summed E-state index contributed by atoms with van der Waals surface area (Å²) in [5, 5.41) is 12.0. The maximum absolute atomic E-state index is 8.70. The van der Waals surface area contributed by atoms with Crippen LogP contribution in [0.2, 0.25) is 0 Å². The van der Waals surface area contributed by atoms with Crippen molar-refractivity contribution in [3.05, 3.63) is 64.5 Å². The van der Waals surface area contributed by atoms with Gasteiger partial charge < -0.3 is 0 Å². The maximum atomic E-state index is 8.70. The smallest absolute Gasteiger partial charge is 0.0985 e. The maximum Gasteiger partial charge on any atom is 0.0985 e. The SMILES string of the molecule is C=C(C#N)/C=C(\C)CCCCc1nc(-c2ccccc2)cs1. The third-order valence-electron chi connectivity index (χ3n) is 3.40. The number of nitrogens with zero attached hydrogens (tertiary/aromatic N) is 2. The molecule has 0 saturated carbocycles. The van der Waals surface area contributed by atoms with E-state index in [0.717, 1.165) is 31.4 Å². The Bertz CT molecular complexity index is 690. The summed E-state index contributed by atoms with van der Waals surface area (Å²) in [5.74, 6) is 0. The van der Waals surface area contributed by atoms with Crippen LogP contribution in [0.1, 0.15) is 31.2 Å². The molecule has 1 aromatic heterocycles. The van der Waals surface area contributed by atoms with Crippen molar-refractivity contribution >= 4 is 11.3 Å². The second-order valence-electron chi connectivity index (χ2n) is 5.33. The van der Waals surface area contributed by atoms with Gasteiger partial charge in [0.15, 0.2) is 0 Å². The number of aromatic nitrogens is 1. The van der Waals surface area contributed by atoms with Gasteiger partial charge in [0.05, 0.1) is 16.8 Å². The van der Waals surface area contributed by atoms with Gasteiger partial charge >= 0.3 is 0 Å². The fourth-order valence-corrected chi connectivity index (χ4v) is 3.10. The van der Waals surface area contributed by atoms with Gasteiger partial charge in [-0.05, 0) is 38.7 Å². The molecular formula is C19H20N2S. The van der Waals surface area contributed by atoms with Crippen LogP contribution in [0.25, 0.3) is 11.3 Å². The van der Waals surface area contributed by atoms with Crippen molar-refractivity contribution in [1.29, 1.82) is 5.26 Å². The molecule has 2 nitrogen and oxygen atoms in total. The summed E-state index contributed by atoms with van der Waals surface area (Å²) in [5.41, 5.74) is 4.00. The first-order chi connectivity index (χ1) is 10.7. The van der Waals surface area contributed by atoms with Crippen molar-refractivity contribution < 1.29 is 0 Å². The normalized spacial score (nSPS) is 11.2. The van der Waals surface area contributed by atoms with E-state index < -0.39 is 0 Å². The molecule has 2 rings (SSSR count). The van der Waals surface area contributed by atoms with Gasteiger partial charge in [-0.1, -0.05) is 42.5 Å². The summed E-state index contributed by atoms with van der Waals surface area (Å²) in [4.78, 5) is 4.71. The van der Waals surface area contributed by atoms with E-state index in [0.29, 0.717) is 5.57 Å². The summed E-state index contributed by atoms with van der Waals surface area (Å²) in [6, 6.07) is 12.3. The van der Waals surface area contributed by atoms with Gasteiger partial charge in [-0.2, -0.15) is 5.26 Å². The number of benzene rings is 1. The van der Waals surface area contributed by atoms with E-state index in [1.165, 1.54) is 16.1 Å². The Morgan fingerprint density at radius 2 is 2.09 bits per heavy atom. The molecule has 1 heterocycles. The zero-order valence-electron chi connectivity index (χ0n) is 12.9. The molecule has 3 heteroatoms. The van der Waals surface area contributed by atoms with Gasteiger partial charge in [0.2, 0.25) is 0 Å². The Kier molecular flexibility index (Phi) is 6.12. The van der Waals surface area contributed by atoms with Crippen LogP contribution in [0, 0.1) is 11.3 Å². The third kappa shape index (κ3) is 4.98. The predicted molar refractivity (Wildman–Crippen MR) is 93.6 cm³/mol. The Morgan fingerprint density at radius 3 is 2.82 bits per heavy atom. The second kappa shape index (κ2) is 8.31. The van der Waals surface area contributed by atoms with Gasteiger partial charge in [0.1, 0.15) is 0 Å². The lowest BCUT2D eigenvalue weighted by atomic mass is 10.1. The van der Waals surface area contributed by atoms with Crippen LogP contribution in [0.3, 0.4) is 0 Å². The highest BCUT2D eigenvalue weighted by molar-refractivity contribution is 7.09. The highest BCUT2D eigenvalue weighted by atomic mass is 32.1. The number of hydrogen-bond acceptors (Lipinski definition) is 3. The average molecular weight is 308 g/mol. The molecule has 0 spiro atoms. The highest BCUT2D eigenvalue weighted by Crippen LogP contribution is 2.23. The van der Waals surface area contributed by atoms with Crippen LogP contribution < -0.4 is 0 Å². The molecule has 0 aliphatic carbocycles. The van der Waals surface area contributed by atoms with Gasteiger partial charge in [0, 0.05) is 16.5 Å². The van der Waals surface area contributed by atoms with Crippen molar-refractivity contribution in [1.82, 2.24) is 4.98 Å². The predicted octanol–water partition coefficient (Wildman–Crippen LogP) is 5.55. The molecule has 2 aromatic rings. The number of aryl methyl sites for hydroxylation is 1. The number of thiazole rings is 1. The van der Waals surface area contributed by atoms with Crippen molar-refractivity contribution in [3.63, 3.8) is 0 Å². The van der Waals surface area contributed by atoms with E-state index in [1.54, 1.807) is 11.3 Å². The van der Waals surface area contributed by atoms with Crippen LogP contribution >= 0.6 is 11.3 Å². The van der Waals surface area contributed by atoms with Crippen LogP contribution in [0.4, 0.5) is 0 Å². The summed E-state index contributed by atoms with van der Waals surface area (Å²) < 4.78 is 0. The van der Waals surface area contributed by atoms with Crippen molar-refractivity contribution in [2.75, 3.05) is 0 Å². The van der Waals surface area contributed by atoms with E-state index in [1.807, 2.05) is 24.3 Å². The molecule has 0 saturated heterocycles. The molecule has 0 aliphatic rings. The molecule has 0 N–H and O–H groups in total. The first kappa shape index (κ1) is 16.2. The highest BCUT2D eigenvalue weighted by Gasteiger charge is 2.04. The molecular weight excluding hydrogens is 288 g/mol. The van der Waals surface area contributed by atoms with Crippen molar-refractivity contribution in [3.8, 4) is 17.3 Å². The molecule has 0 bridgehead atoms. The quantitative estimate of drug-likeness (QED) is 0.382. The Hall–Kier alpha value is -2.18. The van der Waals surface area contributed by atoms with Crippen LogP contribution in [0.15, 0.2) is 59.5 Å². The van der Waals surface area contributed by atoms with Gasteiger partial charge in [-0.25, -0.2) is 4.98 Å². The monoisotopic (exact) mass is 308 g/mol. The number of unbranched alkanes of at least 4 members (excludes halogenated alkanes) is 1. The van der Waals surface area contributed by atoms with Crippen molar-refractivity contribution in [2.45, 2.75) is 32.6 Å². The zero-order chi connectivity index (χ0) is 15.8. The summed E-state index contributed by atoms with van der Waals surface area (Å²) in [6.45, 7) is 5.73. The molecule has 22 heavy (non-hydrogen) atoms. The molecule has 0 radical (unpaired) electrons. The zero-order valence-corrected chi connectivity index (χ0v) is 13.7. The number of hydrogen-bond donors (Lipinski definition) is 0. The summed E-state index contributed by atoms with van der Waals surface area (Å²) in [6.07, 6.45) is 6.13. The summed E-state index contributed by atoms with van der Waals surface area (Å²) in [7, 11) is 0. The van der Waals surface area contributed by atoms with Gasteiger partial charge in [-0.3, -0.25) is 0 Å². The largest absolute Gasteiger partial charge is 0.241 e. The fourth-order valence-electron chi connectivity index (χ4n) is 2.25. The minimum atomic E-state index is 0.532. The summed E-state index contributed by atoms with van der Waals surface area (Å²) >= 11 is 1.73. The molecule has 0 unspecified atom stereocenters. The van der Waals surface area contributed by atoms with Gasteiger partial charge in [0.25, 0.3) is 0 Å². The van der Waals surface area contributed by atoms with Crippen LogP contribution in [-0.4, -0.2) is 4.98 Å². The van der Waals surface area contributed by atoms with E-state index in [-0.39, 0.29) is 0 Å². The number of allylic oxidation sites excluding steroid dienone is 3. The lowest BCUT2D eigenvalue weighted by Crippen LogP contribution is -1.87.